The minimum atomic E-state index is -4.30. The minimum absolute atomic E-state index is 0.155. The van der Waals surface area contributed by atoms with Gasteiger partial charge >= 0.3 is 0 Å². The van der Waals surface area contributed by atoms with E-state index in [1.54, 1.807) is 6.92 Å². The first-order valence-corrected chi connectivity index (χ1v) is 12.6. The Kier molecular flexibility index (Phi) is 4.68. The zero-order valence-corrected chi connectivity index (χ0v) is 15.6. The molecule has 0 radical (unpaired) electrons. The van der Waals surface area contributed by atoms with Crippen LogP contribution in [-0.4, -0.2) is 45.9 Å². The number of fused-ring (bicyclic) bond motifs is 3. The van der Waals surface area contributed by atoms with Crippen molar-refractivity contribution in [2.45, 2.75) is 48.9 Å². The third-order valence-corrected chi connectivity index (χ3v) is 15.7. The Balaban J connectivity index is 2.58. The molecule has 0 aromatic rings. The zero-order valence-electron chi connectivity index (χ0n) is 13.1. The quantitative estimate of drug-likeness (QED) is 0.499. The van der Waals surface area contributed by atoms with E-state index in [-0.39, 0.29) is 30.1 Å². The first-order chi connectivity index (χ1) is 10.5. The van der Waals surface area contributed by atoms with Gasteiger partial charge in [0, 0.05) is 11.8 Å². The second kappa shape index (κ2) is 5.74. The molecule has 3 saturated heterocycles. The average molecular weight is 383 g/mol. The van der Waals surface area contributed by atoms with E-state index in [1.165, 1.54) is 0 Å². The molecule has 0 aromatic heterocycles. The molecule has 3 rings (SSSR count). The van der Waals surface area contributed by atoms with Gasteiger partial charge in [-0.3, -0.25) is 0 Å². The zero-order chi connectivity index (χ0) is 17.6. The van der Waals surface area contributed by atoms with Crippen LogP contribution in [0, 0.1) is 17.8 Å². The molecular weight excluding hydrogens is 360 g/mol. The molecular formula is C14H22O6S3. The molecule has 0 unspecified atom stereocenters. The highest BCUT2D eigenvalue weighted by Crippen LogP contribution is 2.54. The Morgan fingerprint density at radius 3 is 1.74 bits per heavy atom. The summed E-state index contributed by atoms with van der Waals surface area (Å²) in [5.74, 6) is 1.30. The van der Waals surface area contributed by atoms with Crippen molar-refractivity contribution in [3.63, 3.8) is 0 Å². The van der Waals surface area contributed by atoms with E-state index in [0.29, 0.717) is 19.3 Å². The molecule has 3 fully saturated rings. The van der Waals surface area contributed by atoms with Gasteiger partial charge in [0.05, 0.1) is 17.3 Å². The summed E-state index contributed by atoms with van der Waals surface area (Å²) in [7, 11) is -12.9. The Morgan fingerprint density at radius 1 is 0.870 bits per heavy atom. The van der Waals surface area contributed by atoms with Crippen LogP contribution in [0.2, 0.25) is 0 Å². The van der Waals surface area contributed by atoms with E-state index >= 15 is 0 Å². The number of hydrogen-bond donors (Lipinski definition) is 0. The molecule has 0 saturated carbocycles. The fraction of sp³-hybridized carbons (Fsp3) is 0.857. The predicted octanol–water partition coefficient (Wildman–Crippen LogP) is 0.892. The SMILES string of the molecule is C#CCCCCC12S(=O)(=O)CC(CCC)(CS1(=O)=O)CS2(=O)=O. The summed E-state index contributed by atoms with van der Waals surface area (Å²) in [6, 6.07) is 0. The van der Waals surface area contributed by atoms with Crippen LogP contribution in [0.5, 0.6) is 0 Å². The molecule has 2 bridgehead atoms. The molecule has 3 aliphatic rings. The van der Waals surface area contributed by atoms with Crippen molar-refractivity contribution in [2.24, 2.45) is 5.41 Å². The summed E-state index contributed by atoms with van der Waals surface area (Å²) in [5.41, 5.74) is -1.19. The van der Waals surface area contributed by atoms with Gasteiger partial charge in [0.1, 0.15) is 0 Å². The molecule has 0 aliphatic carbocycles. The second-order valence-corrected chi connectivity index (χ2v) is 14.0. The molecule has 3 aliphatic heterocycles. The third kappa shape index (κ3) is 2.63. The first-order valence-electron chi connectivity index (χ1n) is 7.60. The Hall–Kier alpha value is -0.590. The minimum Gasteiger partial charge on any atom is -0.226 e. The molecule has 3 heterocycles. The lowest BCUT2D eigenvalue weighted by Crippen LogP contribution is -2.70. The standard InChI is InChI=1S/C14H22O6S3/c1-3-5-6-7-9-14-21(15,16)10-13(8-4-2,11-22(14,17)18)12-23(14,19)20/h1H,4-12H2,2H3. The maximum Gasteiger partial charge on any atom is 0.272 e. The van der Waals surface area contributed by atoms with Crippen LogP contribution in [-0.2, 0) is 29.5 Å². The van der Waals surface area contributed by atoms with Gasteiger partial charge in [-0.1, -0.05) is 13.3 Å². The van der Waals surface area contributed by atoms with Crippen LogP contribution in [0.25, 0.3) is 0 Å². The molecule has 0 N–H and O–H groups in total. The molecule has 0 aromatic carbocycles. The molecule has 132 valence electrons. The number of hydrogen-bond acceptors (Lipinski definition) is 6. The number of terminal acetylenes is 1. The fourth-order valence-corrected chi connectivity index (χ4v) is 15.6. The fourth-order valence-electron chi connectivity index (χ4n) is 4.03. The van der Waals surface area contributed by atoms with E-state index in [9.17, 15) is 25.3 Å². The monoisotopic (exact) mass is 382 g/mol. The largest absolute Gasteiger partial charge is 0.272 e. The second-order valence-electron chi connectivity index (χ2n) is 6.62. The van der Waals surface area contributed by atoms with Crippen LogP contribution in [0.3, 0.4) is 0 Å². The highest BCUT2D eigenvalue weighted by Gasteiger charge is 2.74. The molecule has 23 heavy (non-hydrogen) atoms. The van der Waals surface area contributed by atoms with Crippen molar-refractivity contribution in [1.82, 2.24) is 0 Å². The van der Waals surface area contributed by atoms with Gasteiger partial charge in [0.25, 0.3) is 3.41 Å². The van der Waals surface area contributed by atoms with Crippen LogP contribution in [0.1, 0.15) is 45.4 Å². The van der Waals surface area contributed by atoms with Gasteiger partial charge in [0.2, 0.25) is 0 Å². The van der Waals surface area contributed by atoms with Gasteiger partial charge in [-0.05, 0) is 25.7 Å². The summed E-state index contributed by atoms with van der Waals surface area (Å²) >= 11 is 0. The van der Waals surface area contributed by atoms with E-state index in [1.807, 2.05) is 0 Å². The average Bonchev–Trinajstić information content (AvgIpc) is 2.33. The summed E-state index contributed by atoms with van der Waals surface area (Å²) in [5, 5.41) is 0. The summed E-state index contributed by atoms with van der Waals surface area (Å²) in [6.07, 6.45) is 6.44. The third-order valence-electron chi connectivity index (χ3n) is 4.74. The predicted molar refractivity (Wildman–Crippen MR) is 88.7 cm³/mol. The molecule has 9 heteroatoms. The van der Waals surface area contributed by atoms with Crippen LogP contribution in [0.15, 0.2) is 0 Å². The maximum absolute atomic E-state index is 12.7. The smallest absolute Gasteiger partial charge is 0.226 e. The molecule has 0 spiro atoms. The van der Waals surface area contributed by atoms with Gasteiger partial charge < -0.3 is 0 Å². The molecule has 0 atom stereocenters. The topological polar surface area (TPSA) is 102 Å². The van der Waals surface area contributed by atoms with E-state index in [4.69, 9.17) is 6.42 Å². The van der Waals surface area contributed by atoms with E-state index < -0.39 is 44.8 Å². The Morgan fingerprint density at radius 2 is 1.35 bits per heavy atom. The van der Waals surface area contributed by atoms with Crippen LogP contribution < -0.4 is 0 Å². The lowest BCUT2D eigenvalue weighted by Gasteiger charge is -2.50. The normalized spacial score (nSPS) is 36.3. The van der Waals surface area contributed by atoms with Gasteiger partial charge in [-0.25, -0.2) is 25.3 Å². The number of rotatable bonds is 6. The van der Waals surface area contributed by atoms with E-state index in [2.05, 4.69) is 5.92 Å². The van der Waals surface area contributed by atoms with Crippen molar-refractivity contribution >= 4 is 29.5 Å². The Bertz CT molecular complexity index is 736. The summed E-state index contributed by atoms with van der Waals surface area (Å²) in [6.45, 7) is 1.79. The van der Waals surface area contributed by atoms with Crippen molar-refractivity contribution in [1.29, 1.82) is 0 Å². The van der Waals surface area contributed by atoms with Crippen LogP contribution in [0.4, 0.5) is 0 Å². The van der Waals surface area contributed by atoms with Crippen molar-refractivity contribution in [3.8, 4) is 12.3 Å². The number of sulfone groups is 3. The summed E-state index contributed by atoms with van der Waals surface area (Å²) < 4.78 is 73.8. The van der Waals surface area contributed by atoms with Gasteiger partial charge in [-0.2, -0.15) is 0 Å². The lowest BCUT2D eigenvalue weighted by atomic mass is 9.90. The van der Waals surface area contributed by atoms with Crippen molar-refractivity contribution in [3.05, 3.63) is 0 Å². The lowest BCUT2D eigenvalue weighted by molar-refractivity contribution is 0.348. The highest BCUT2D eigenvalue weighted by molar-refractivity contribution is 8.26. The van der Waals surface area contributed by atoms with Gasteiger partial charge in [0.15, 0.2) is 29.5 Å². The first kappa shape index (κ1) is 18.7. The summed E-state index contributed by atoms with van der Waals surface area (Å²) in [4.78, 5) is 0. The van der Waals surface area contributed by atoms with Gasteiger partial charge in [-0.15, -0.1) is 12.3 Å². The van der Waals surface area contributed by atoms with Crippen LogP contribution >= 0.6 is 0 Å². The van der Waals surface area contributed by atoms with Crippen molar-refractivity contribution < 1.29 is 25.3 Å². The van der Waals surface area contributed by atoms with Crippen molar-refractivity contribution in [2.75, 3.05) is 17.3 Å². The highest BCUT2D eigenvalue weighted by atomic mass is 32.3. The molecule has 0 amide bonds. The Labute approximate surface area is 138 Å². The maximum atomic E-state index is 12.7. The number of unbranched alkanes of at least 4 members (excludes halogenated alkanes) is 2. The molecule has 6 nitrogen and oxygen atoms in total. The van der Waals surface area contributed by atoms with E-state index in [0.717, 1.165) is 0 Å².